The predicted molar refractivity (Wildman–Crippen MR) is 63.2 cm³/mol. The summed E-state index contributed by atoms with van der Waals surface area (Å²) in [5, 5.41) is 0. The molecule has 0 atom stereocenters. The summed E-state index contributed by atoms with van der Waals surface area (Å²) in [5.41, 5.74) is 8.99. The van der Waals surface area contributed by atoms with Crippen LogP contribution >= 0.6 is 0 Å². The number of benzene rings is 1. The number of rotatable bonds is 3. The molecular formula is C12H13N3O. The van der Waals surface area contributed by atoms with Gasteiger partial charge in [-0.1, -0.05) is 25.1 Å². The Labute approximate surface area is 93.5 Å². The number of hydrogen-bond donors (Lipinski definition) is 2. The normalized spacial score (nSPS) is 10.3. The van der Waals surface area contributed by atoms with E-state index in [2.05, 4.69) is 9.97 Å². The minimum atomic E-state index is 0.406. The third-order valence-electron chi connectivity index (χ3n) is 2.45. The zero-order valence-electron chi connectivity index (χ0n) is 9.03. The second-order valence-corrected chi connectivity index (χ2v) is 3.55. The highest BCUT2D eigenvalue weighted by Gasteiger charge is 2.09. The van der Waals surface area contributed by atoms with Crippen molar-refractivity contribution >= 4 is 12.2 Å². The van der Waals surface area contributed by atoms with Crippen molar-refractivity contribution in [2.24, 2.45) is 0 Å². The second-order valence-electron chi connectivity index (χ2n) is 3.55. The highest BCUT2D eigenvalue weighted by Crippen LogP contribution is 2.23. The van der Waals surface area contributed by atoms with Crippen molar-refractivity contribution in [3.8, 4) is 11.3 Å². The standard InChI is InChI=1S/C12H13N3O/c1-2-10-11(15-12(13)14-10)9-5-3-4-8(6-9)7-16/h3-7H,2H2,1H3,(H3,13,14,15). The van der Waals surface area contributed by atoms with Crippen LogP contribution in [0.2, 0.25) is 0 Å². The summed E-state index contributed by atoms with van der Waals surface area (Å²) in [6.07, 6.45) is 1.65. The largest absolute Gasteiger partial charge is 0.369 e. The molecule has 1 aromatic carbocycles. The molecule has 0 spiro atoms. The van der Waals surface area contributed by atoms with Crippen molar-refractivity contribution in [1.29, 1.82) is 0 Å². The number of aromatic amines is 1. The van der Waals surface area contributed by atoms with Gasteiger partial charge in [0.15, 0.2) is 5.95 Å². The predicted octanol–water partition coefficient (Wildman–Crippen LogP) is 2.03. The quantitative estimate of drug-likeness (QED) is 0.769. The van der Waals surface area contributed by atoms with E-state index >= 15 is 0 Å². The third kappa shape index (κ3) is 1.82. The Kier molecular flexibility index (Phi) is 2.72. The molecule has 4 nitrogen and oxygen atoms in total. The molecule has 3 N–H and O–H groups in total. The lowest BCUT2D eigenvalue weighted by atomic mass is 10.1. The topological polar surface area (TPSA) is 71.8 Å². The number of nitrogens with two attached hydrogens (primary N) is 1. The van der Waals surface area contributed by atoms with Crippen LogP contribution in [0.5, 0.6) is 0 Å². The molecule has 82 valence electrons. The van der Waals surface area contributed by atoms with E-state index in [9.17, 15) is 4.79 Å². The van der Waals surface area contributed by atoms with E-state index in [1.165, 1.54) is 0 Å². The molecule has 1 aromatic heterocycles. The zero-order chi connectivity index (χ0) is 11.5. The van der Waals surface area contributed by atoms with Crippen LogP contribution in [0, 0.1) is 0 Å². The lowest BCUT2D eigenvalue weighted by Gasteiger charge is -2.00. The fourth-order valence-electron chi connectivity index (χ4n) is 1.68. The van der Waals surface area contributed by atoms with E-state index in [4.69, 9.17) is 5.73 Å². The highest BCUT2D eigenvalue weighted by atomic mass is 16.1. The molecule has 4 heteroatoms. The van der Waals surface area contributed by atoms with E-state index in [0.29, 0.717) is 11.5 Å². The SMILES string of the molecule is CCc1[nH]c(N)nc1-c1cccc(C=O)c1. The summed E-state index contributed by atoms with van der Waals surface area (Å²) < 4.78 is 0. The molecule has 0 aliphatic heterocycles. The van der Waals surface area contributed by atoms with E-state index in [-0.39, 0.29) is 0 Å². The summed E-state index contributed by atoms with van der Waals surface area (Å²) >= 11 is 0. The van der Waals surface area contributed by atoms with Crippen LogP contribution in [0.3, 0.4) is 0 Å². The number of carbonyl (C=O) groups is 1. The van der Waals surface area contributed by atoms with Gasteiger partial charge in [-0.05, 0) is 12.5 Å². The van der Waals surface area contributed by atoms with Gasteiger partial charge in [0.2, 0.25) is 0 Å². The lowest BCUT2D eigenvalue weighted by Crippen LogP contribution is -1.87. The Bertz CT molecular complexity index is 517. The Morgan fingerprint density at radius 2 is 2.31 bits per heavy atom. The molecule has 2 rings (SSSR count). The van der Waals surface area contributed by atoms with Crippen LogP contribution in [0.4, 0.5) is 5.95 Å². The number of nitrogens with zero attached hydrogens (tertiary/aromatic N) is 1. The van der Waals surface area contributed by atoms with Crippen LogP contribution < -0.4 is 5.73 Å². The molecule has 0 saturated carbocycles. The fraction of sp³-hybridized carbons (Fsp3) is 0.167. The zero-order valence-corrected chi connectivity index (χ0v) is 9.03. The van der Waals surface area contributed by atoms with Gasteiger partial charge in [0.1, 0.15) is 6.29 Å². The number of nitrogens with one attached hydrogen (secondary N) is 1. The first-order valence-electron chi connectivity index (χ1n) is 5.14. The Balaban J connectivity index is 2.52. The number of carbonyl (C=O) groups excluding carboxylic acids is 1. The number of hydrogen-bond acceptors (Lipinski definition) is 3. The molecule has 0 radical (unpaired) electrons. The summed E-state index contributed by atoms with van der Waals surface area (Å²) in [5.74, 6) is 0.406. The van der Waals surface area contributed by atoms with Gasteiger partial charge in [0.25, 0.3) is 0 Å². The van der Waals surface area contributed by atoms with Gasteiger partial charge in [-0.15, -0.1) is 0 Å². The van der Waals surface area contributed by atoms with Gasteiger partial charge < -0.3 is 10.7 Å². The second kappa shape index (κ2) is 4.18. The first-order chi connectivity index (χ1) is 7.74. The third-order valence-corrected chi connectivity index (χ3v) is 2.45. The number of aryl methyl sites for hydroxylation is 1. The van der Waals surface area contributed by atoms with E-state index in [1.807, 2.05) is 25.1 Å². The number of anilines is 1. The molecule has 1 heterocycles. The van der Waals surface area contributed by atoms with Gasteiger partial charge in [0, 0.05) is 16.8 Å². The van der Waals surface area contributed by atoms with Crippen molar-refractivity contribution < 1.29 is 4.79 Å². The summed E-state index contributed by atoms with van der Waals surface area (Å²) in [6.45, 7) is 2.03. The van der Waals surface area contributed by atoms with Crippen LogP contribution in [0.25, 0.3) is 11.3 Å². The molecule has 0 amide bonds. The molecule has 0 aliphatic rings. The van der Waals surface area contributed by atoms with E-state index in [1.54, 1.807) is 6.07 Å². The maximum Gasteiger partial charge on any atom is 0.198 e. The fourth-order valence-corrected chi connectivity index (χ4v) is 1.68. The Morgan fingerprint density at radius 3 is 3.00 bits per heavy atom. The van der Waals surface area contributed by atoms with Crippen molar-refractivity contribution in [3.05, 3.63) is 35.5 Å². The number of nitrogen functional groups attached to an aromatic ring is 1. The molecule has 0 bridgehead atoms. The van der Waals surface area contributed by atoms with Crippen molar-refractivity contribution in [3.63, 3.8) is 0 Å². The van der Waals surface area contributed by atoms with Gasteiger partial charge in [0.05, 0.1) is 5.69 Å². The van der Waals surface area contributed by atoms with Crippen LogP contribution in [0.15, 0.2) is 24.3 Å². The Morgan fingerprint density at radius 1 is 1.50 bits per heavy atom. The number of imidazole rings is 1. The van der Waals surface area contributed by atoms with Gasteiger partial charge in [-0.2, -0.15) is 0 Å². The maximum atomic E-state index is 10.7. The minimum Gasteiger partial charge on any atom is -0.369 e. The molecule has 16 heavy (non-hydrogen) atoms. The van der Waals surface area contributed by atoms with E-state index < -0.39 is 0 Å². The molecular weight excluding hydrogens is 202 g/mol. The first kappa shape index (κ1) is 10.4. The van der Waals surface area contributed by atoms with Crippen molar-refractivity contribution in [1.82, 2.24) is 9.97 Å². The minimum absolute atomic E-state index is 0.406. The molecule has 0 fully saturated rings. The monoisotopic (exact) mass is 215 g/mol. The molecule has 0 aliphatic carbocycles. The van der Waals surface area contributed by atoms with Crippen LogP contribution in [-0.4, -0.2) is 16.3 Å². The Hall–Kier alpha value is -2.10. The number of aldehydes is 1. The van der Waals surface area contributed by atoms with Crippen molar-refractivity contribution in [2.45, 2.75) is 13.3 Å². The number of aromatic nitrogens is 2. The smallest absolute Gasteiger partial charge is 0.198 e. The van der Waals surface area contributed by atoms with Gasteiger partial charge in [-0.25, -0.2) is 4.98 Å². The summed E-state index contributed by atoms with van der Waals surface area (Å²) in [4.78, 5) is 17.9. The molecule has 2 aromatic rings. The average molecular weight is 215 g/mol. The van der Waals surface area contributed by atoms with Gasteiger partial charge in [-0.3, -0.25) is 4.79 Å². The van der Waals surface area contributed by atoms with Crippen molar-refractivity contribution in [2.75, 3.05) is 5.73 Å². The molecule has 0 saturated heterocycles. The van der Waals surface area contributed by atoms with Gasteiger partial charge >= 0.3 is 0 Å². The maximum absolute atomic E-state index is 10.7. The summed E-state index contributed by atoms with van der Waals surface area (Å²) in [7, 11) is 0. The average Bonchev–Trinajstić information content (AvgIpc) is 2.70. The number of H-pyrrole nitrogens is 1. The molecule has 0 unspecified atom stereocenters. The lowest BCUT2D eigenvalue weighted by molar-refractivity contribution is 0.112. The van der Waals surface area contributed by atoms with Crippen LogP contribution in [0.1, 0.15) is 23.0 Å². The van der Waals surface area contributed by atoms with Crippen LogP contribution in [-0.2, 0) is 6.42 Å². The highest BCUT2D eigenvalue weighted by molar-refractivity contribution is 5.78. The first-order valence-corrected chi connectivity index (χ1v) is 5.14. The summed E-state index contributed by atoms with van der Waals surface area (Å²) in [6, 6.07) is 7.32. The van der Waals surface area contributed by atoms with E-state index in [0.717, 1.165) is 29.7 Å².